The molecular formula is C18H27N5. The maximum atomic E-state index is 5.99. The number of imidazole rings is 1. The van der Waals surface area contributed by atoms with Gasteiger partial charge in [-0.3, -0.25) is 9.98 Å². The number of aromatic amines is 1. The number of nitrogens with two attached hydrogens (primary N) is 1. The molecule has 1 aliphatic carbocycles. The van der Waals surface area contributed by atoms with Gasteiger partial charge in [0.25, 0.3) is 0 Å². The Hall–Kier alpha value is -2.43. The third kappa shape index (κ3) is 5.36. The number of hydrogen-bond acceptors (Lipinski definition) is 3. The summed E-state index contributed by atoms with van der Waals surface area (Å²) in [6.07, 6.45) is 17.1. The number of hydrogen-bond donors (Lipinski definition) is 2. The van der Waals surface area contributed by atoms with Gasteiger partial charge in [-0.15, -0.1) is 0 Å². The minimum Gasteiger partial charge on any atom is -0.384 e. The quantitative estimate of drug-likeness (QED) is 0.473. The van der Waals surface area contributed by atoms with E-state index in [-0.39, 0.29) is 1.43 Å². The SMILES string of the molecule is C=N/C=C\C(=C/C)c1cnc(/C=C\C(N)=NC2CCCCC2)[nH]1.[HH]. The van der Waals surface area contributed by atoms with Gasteiger partial charge < -0.3 is 10.7 Å². The van der Waals surface area contributed by atoms with Gasteiger partial charge in [-0.1, -0.05) is 25.3 Å². The molecule has 5 nitrogen and oxygen atoms in total. The van der Waals surface area contributed by atoms with Gasteiger partial charge in [0.05, 0.1) is 17.9 Å². The summed E-state index contributed by atoms with van der Waals surface area (Å²) >= 11 is 0. The topological polar surface area (TPSA) is 79.4 Å². The van der Waals surface area contributed by atoms with E-state index in [4.69, 9.17) is 5.73 Å². The van der Waals surface area contributed by atoms with Crippen molar-refractivity contribution in [1.29, 1.82) is 0 Å². The molecule has 0 spiro atoms. The van der Waals surface area contributed by atoms with Gasteiger partial charge in [-0.25, -0.2) is 4.98 Å². The van der Waals surface area contributed by atoms with Gasteiger partial charge in [0.1, 0.15) is 11.7 Å². The Morgan fingerprint density at radius 1 is 1.39 bits per heavy atom. The molecule has 2 rings (SSSR count). The highest BCUT2D eigenvalue weighted by atomic mass is 14.9. The summed E-state index contributed by atoms with van der Waals surface area (Å²) in [6.45, 7) is 5.40. The number of aliphatic imine (C=N–C) groups is 2. The Morgan fingerprint density at radius 2 is 2.17 bits per heavy atom. The van der Waals surface area contributed by atoms with E-state index >= 15 is 0 Å². The molecule has 0 atom stereocenters. The van der Waals surface area contributed by atoms with Gasteiger partial charge in [0.15, 0.2) is 0 Å². The second-order valence-electron chi connectivity index (χ2n) is 5.60. The fraction of sp³-hybridized carbons (Fsp3) is 0.389. The highest BCUT2D eigenvalue weighted by molar-refractivity contribution is 5.94. The summed E-state index contributed by atoms with van der Waals surface area (Å²) in [5.74, 6) is 1.32. The van der Waals surface area contributed by atoms with Crippen LogP contribution in [0.1, 0.15) is 52.0 Å². The van der Waals surface area contributed by atoms with Crippen LogP contribution in [0.5, 0.6) is 0 Å². The van der Waals surface area contributed by atoms with Crippen LogP contribution in [0, 0.1) is 0 Å². The minimum absolute atomic E-state index is 0. The maximum Gasteiger partial charge on any atom is 0.130 e. The normalized spacial score (nSPS) is 18.1. The van der Waals surface area contributed by atoms with Gasteiger partial charge in [0.2, 0.25) is 0 Å². The lowest BCUT2D eigenvalue weighted by molar-refractivity contribution is 0.443. The lowest BCUT2D eigenvalue weighted by atomic mass is 9.96. The monoisotopic (exact) mass is 313 g/mol. The first-order valence-electron chi connectivity index (χ1n) is 8.08. The number of allylic oxidation sites excluding steroid dienone is 3. The van der Waals surface area contributed by atoms with Crippen molar-refractivity contribution in [3.8, 4) is 0 Å². The van der Waals surface area contributed by atoms with Gasteiger partial charge >= 0.3 is 0 Å². The number of nitrogens with zero attached hydrogens (tertiary/aromatic N) is 3. The lowest BCUT2D eigenvalue weighted by Gasteiger charge is -2.17. The molecule has 5 heteroatoms. The number of aromatic nitrogens is 2. The molecule has 1 saturated carbocycles. The van der Waals surface area contributed by atoms with E-state index in [2.05, 4.69) is 26.7 Å². The lowest BCUT2D eigenvalue weighted by Crippen LogP contribution is -2.16. The molecule has 3 N–H and O–H groups in total. The van der Waals surface area contributed by atoms with Crippen molar-refractivity contribution in [3.63, 3.8) is 0 Å². The van der Waals surface area contributed by atoms with Crippen LogP contribution < -0.4 is 5.73 Å². The third-order valence-electron chi connectivity index (χ3n) is 3.90. The molecule has 1 aromatic heterocycles. The molecule has 0 amide bonds. The van der Waals surface area contributed by atoms with E-state index < -0.39 is 0 Å². The standard InChI is InChI=1S/C18H25N5.H2/c1-3-14(11-12-20-2)16-13-21-18(23-16)10-9-17(19)22-15-7-5-4-6-8-15;/h3,9-13,15H,2,4-8H2,1H3,(H2,19,22)(H,21,23);1H/b10-9-,12-11-,14-3+;. The van der Waals surface area contributed by atoms with E-state index in [1.165, 1.54) is 19.3 Å². The Balaban J connectivity index is 0.00000288. The predicted octanol–water partition coefficient (Wildman–Crippen LogP) is 3.98. The van der Waals surface area contributed by atoms with Gasteiger partial charge in [-0.05, 0) is 50.3 Å². The third-order valence-corrected chi connectivity index (χ3v) is 3.90. The van der Waals surface area contributed by atoms with Crippen LogP contribution in [-0.2, 0) is 0 Å². The molecule has 1 aromatic rings. The minimum atomic E-state index is 0. The molecule has 0 unspecified atom stereocenters. The Labute approximate surface area is 139 Å². The second-order valence-corrected chi connectivity index (χ2v) is 5.60. The molecule has 0 radical (unpaired) electrons. The zero-order chi connectivity index (χ0) is 16.5. The molecule has 0 bridgehead atoms. The average molecular weight is 313 g/mol. The molecule has 0 aliphatic heterocycles. The maximum absolute atomic E-state index is 5.99. The Morgan fingerprint density at radius 3 is 2.87 bits per heavy atom. The first-order chi connectivity index (χ1) is 11.2. The van der Waals surface area contributed by atoms with Crippen molar-refractivity contribution in [1.82, 2.24) is 9.97 Å². The first kappa shape index (κ1) is 16.9. The summed E-state index contributed by atoms with van der Waals surface area (Å²) < 4.78 is 0. The highest BCUT2D eigenvalue weighted by Crippen LogP contribution is 2.20. The summed E-state index contributed by atoms with van der Waals surface area (Å²) in [7, 11) is 0. The fourth-order valence-electron chi connectivity index (χ4n) is 2.67. The summed E-state index contributed by atoms with van der Waals surface area (Å²) in [5.41, 5.74) is 7.92. The average Bonchev–Trinajstić information content (AvgIpc) is 3.03. The number of rotatable bonds is 6. The van der Waals surface area contributed by atoms with Crippen LogP contribution in [0.3, 0.4) is 0 Å². The van der Waals surface area contributed by atoms with Crippen LogP contribution >= 0.6 is 0 Å². The van der Waals surface area contributed by atoms with Gasteiger partial charge in [0, 0.05) is 7.63 Å². The van der Waals surface area contributed by atoms with Crippen molar-refractivity contribution in [2.45, 2.75) is 45.1 Å². The largest absolute Gasteiger partial charge is 0.384 e. The fourth-order valence-corrected chi connectivity index (χ4v) is 2.67. The molecule has 1 aliphatic rings. The summed E-state index contributed by atoms with van der Waals surface area (Å²) in [5, 5.41) is 0. The predicted molar refractivity (Wildman–Crippen MR) is 101 cm³/mol. The van der Waals surface area contributed by atoms with Crippen LogP contribution in [0.15, 0.2) is 40.6 Å². The van der Waals surface area contributed by atoms with E-state index in [9.17, 15) is 0 Å². The van der Waals surface area contributed by atoms with Crippen LogP contribution in [0.2, 0.25) is 0 Å². The molecule has 124 valence electrons. The molecule has 1 heterocycles. The Kier molecular flexibility index (Phi) is 6.54. The second kappa shape index (κ2) is 8.88. The molecular weight excluding hydrogens is 286 g/mol. The van der Waals surface area contributed by atoms with Crippen molar-refractivity contribution in [2.24, 2.45) is 15.7 Å². The van der Waals surface area contributed by atoms with Crippen LogP contribution in [0.4, 0.5) is 0 Å². The summed E-state index contributed by atoms with van der Waals surface area (Å²) in [4.78, 5) is 15.9. The van der Waals surface area contributed by atoms with E-state index in [1.54, 1.807) is 12.4 Å². The molecule has 23 heavy (non-hydrogen) atoms. The number of nitrogens with one attached hydrogen (secondary N) is 1. The van der Waals surface area contributed by atoms with Crippen LogP contribution in [0.25, 0.3) is 11.6 Å². The molecule has 0 saturated heterocycles. The first-order valence-corrected chi connectivity index (χ1v) is 8.08. The zero-order valence-electron chi connectivity index (χ0n) is 13.7. The molecule has 1 fully saturated rings. The van der Waals surface area contributed by atoms with Crippen LogP contribution in [-0.4, -0.2) is 28.6 Å². The zero-order valence-corrected chi connectivity index (χ0v) is 13.7. The number of amidine groups is 1. The number of H-pyrrole nitrogens is 1. The molecule has 0 aromatic carbocycles. The summed E-state index contributed by atoms with van der Waals surface area (Å²) in [6, 6.07) is 0.381. The smallest absolute Gasteiger partial charge is 0.130 e. The van der Waals surface area contributed by atoms with E-state index in [0.29, 0.717) is 11.9 Å². The van der Waals surface area contributed by atoms with Crippen molar-refractivity contribution in [3.05, 3.63) is 42.1 Å². The van der Waals surface area contributed by atoms with Crippen molar-refractivity contribution in [2.75, 3.05) is 0 Å². The van der Waals surface area contributed by atoms with Crippen molar-refractivity contribution < 1.29 is 1.43 Å². The van der Waals surface area contributed by atoms with E-state index in [0.717, 1.165) is 29.9 Å². The van der Waals surface area contributed by atoms with Crippen molar-refractivity contribution >= 4 is 24.2 Å². The Bertz CT molecular complexity index is 634. The van der Waals surface area contributed by atoms with Gasteiger partial charge in [-0.2, -0.15) is 0 Å². The highest BCUT2D eigenvalue weighted by Gasteiger charge is 2.11. The van der Waals surface area contributed by atoms with E-state index in [1.807, 2.05) is 31.2 Å².